The molecule has 0 saturated carbocycles. The molecule has 0 bridgehead atoms. The summed E-state index contributed by atoms with van der Waals surface area (Å²) in [6, 6.07) is 8.35. The van der Waals surface area contributed by atoms with Crippen LogP contribution in [0, 0.1) is 0 Å². The van der Waals surface area contributed by atoms with E-state index in [9.17, 15) is 5.11 Å². The molecular formula is C14H21NO2. The lowest BCUT2D eigenvalue weighted by atomic mass is 9.82. The second-order valence-corrected chi connectivity index (χ2v) is 4.94. The summed E-state index contributed by atoms with van der Waals surface area (Å²) in [5.41, 5.74) is 1.79. The zero-order chi connectivity index (χ0) is 12.3. The Morgan fingerprint density at radius 3 is 3.00 bits per heavy atom. The SMILES string of the molecule is COCCC(C)(O)C1NCCc2ccccc21. The van der Waals surface area contributed by atoms with Gasteiger partial charge in [-0.05, 0) is 31.0 Å². The standard InChI is InChI=1S/C14H21NO2/c1-14(16,8-10-17-2)13-12-6-4-3-5-11(12)7-9-15-13/h3-6,13,15-16H,7-10H2,1-2H3. The molecule has 1 aliphatic heterocycles. The van der Waals surface area contributed by atoms with Crippen LogP contribution < -0.4 is 5.32 Å². The van der Waals surface area contributed by atoms with Crippen LogP contribution in [0.5, 0.6) is 0 Å². The molecule has 2 rings (SSSR count). The summed E-state index contributed by atoms with van der Waals surface area (Å²) in [5, 5.41) is 14.0. The van der Waals surface area contributed by atoms with E-state index in [4.69, 9.17) is 4.74 Å². The molecule has 17 heavy (non-hydrogen) atoms. The number of hydrogen-bond acceptors (Lipinski definition) is 3. The van der Waals surface area contributed by atoms with E-state index in [1.807, 2.05) is 13.0 Å². The van der Waals surface area contributed by atoms with Crippen molar-refractivity contribution in [3.63, 3.8) is 0 Å². The first kappa shape index (κ1) is 12.6. The predicted octanol–water partition coefficient (Wildman–Crippen LogP) is 1.66. The highest BCUT2D eigenvalue weighted by molar-refractivity contribution is 5.34. The average Bonchev–Trinajstić information content (AvgIpc) is 2.36. The van der Waals surface area contributed by atoms with Crippen LogP contribution in [0.3, 0.4) is 0 Å². The van der Waals surface area contributed by atoms with Crippen LogP contribution in [0.4, 0.5) is 0 Å². The largest absolute Gasteiger partial charge is 0.388 e. The van der Waals surface area contributed by atoms with Gasteiger partial charge in [0.05, 0.1) is 11.6 Å². The van der Waals surface area contributed by atoms with Crippen LogP contribution in [0.25, 0.3) is 0 Å². The van der Waals surface area contributed by atoms with Crippen molar-refractivity contribution in [2.75, 3.05) is 20.3 Å². The van der Waals surface area contributed by atoms with Crippen LogP contribution in [-0.2, 0) is 11.2 Å². The first-order valence-electron chi connectivity index (χ1n) is 6.17. The fourth-order valence-electron chi connectivity index (χ4n) is 2.51. The van der Waals surface area contributed by atoms with Crippen molar-refractivity contribution >= 4 is 0 Å². The van der Waals surface area contributed by atoms with Crippen molar-refractivity contribution in [2.45, 2.75) is 31.4 Å². The van der Waals surface area contributed by atoms with E-state index in [0.717, 1.165) is 13.0 Å². The van der Waals surface area contributed by atoms with Crippen molar-refractivity contribution in [3.05, 3.63) is 35.4 Å². The normalized spacial score (nSPS) is 22.9. The molecule has 0 radical (unpaired) electrons. The lowest BCUT2D eigenvalue weighted by Gasteiger charge is -2.37. The monoisotopic (exact) mass is 235 g/mol. The maximum absolute atomic E-state index is 10.6. The molecule has 0 aromatic heterocycles. The molecule has 2 atom stereocenters. The second-order valence-electron chi connectivity index (χ2n) is 4.94. The van der Waals surface area contributed by atoms with Gasteiger partial charge >= 0.3 is 0 Å². The van der Waals surface area contributed by atoms with E-state index in [1.165, 1.54) is 11.1 Å². The van der Waals surface area contributed by atoms with Crippen molar-refractivity contribution in [3.8, 4) is 0 Å². The predicted molar refractivity (Wildman–Crippen MR) is 68.0 cm³/mol. The van der Waals surface area contributed by atoms with Gasteiger partial charge in [0.25, 0.3) is 0 Å². The maximum Gasteiger partial charge on any atom is 0.0835 e. The third kappa shape index (κ3) is 2.68. The molecular weight excluding hydrogens is 214 g/mol. The topological polar surface area (TPSA) is 41.5 Å². The molecule has 2 N–H and O–H groups in total. The molecule has 3 heteroatoms. The van der Waals surface area contributed by atoms with Crippen LogP contribution in [0.2, 0.25) is 0 Å². The Morgan fingerprint density at radius 1 is 1.47 bits per heavy atom. The summed E-state index contributed by atoms with van der Waals surface area (Å²) < 4.78 is 5.07. The van der Waals surface area contributed by atoms with Crippen LogP contribution >= 0.6 is 0 Å². The van der Waals surface area contributed by atoms with E-state index in [2.05, 4.69) is 23.5 Å². The molecule has 0 amide bonds. The van der Waals surface area contributed by atoms with Crippen molar-refractivity contribution in [1.29, 1.82) is 0 Å². The van der Waals surface area contributed by atoms with E-state index in [0.29, 0.717) is 13.0 Å². The summed E-state index contributed by atoms with van der Waals surface area (Å²) >= 11 is 0. The van der Waals surface area contributed by atoms with Crippen molar-refractivity contribution in [1.82, 2.24) is 5.32 Å². The number of methoxy groups -OCH3 is 1. The minimum absolute atomic E-state index is 0.00241. The van der Waals surface area contributed by atoms with Crippen LogP contribution in [0.1, 0.15) is 30.5 Å². The number of aliphatic hydroxyl groups is 1. The van der Waals surface area contributed by atoms with Crippen LogP contribution in [0.15, 0.2) is 24.3 Å². The van der Waals surface area contributed by atoms with Gasteiger partial charge in [0, 0.05) is 20.1 Å². The summed E-state index contributed by atoms with van der Waals surface area (Å²) in [4.78, 5) is 0. The fourth-order valence-corrected chi connectivity index (χ4v) is 2.51. The third-order valence-electron chi connectivity index (χ3n) is 3.54. The lowest BCUT2D eigenvalue weighted by molar-refractivity contribution is -0.0110. The highest BCUT2D eigenvalue weighted by Gasteiger charge is 2.35. The molecule has 1 aliphatic rings. The highest BCUT2D eigenvalue weighted by atomic mass is 16.5. The van der Waals surface area contributed by atoms with Gasteiger partial charge in [-0.1, -0.05) is 24.3 Å². The first-order chi connectivity index (χ1) is 8.15. The average molecular weight is 235 g/mol. The Bertz CT molecular complexity index is 376. The Hall–Kier alpha value is -0.900. The molecule has 1 aromatic rings. The lowest BCUT2D eigenvalue weighted by Crippen LogP contribution is -2.45. The van der Waals surface area contributed by atoms with Gasteiger partial charge in [-0.25, -0.2) is 0 Å². The highest BCUT2D eigenvalue weighted by Crippen LogP contribution is 2.33. The third-order valence-corrected chi connectivity index (χ3v) is 3.54. The zero-order valence-corrected chi connectivity index (χ0v) is 10.6. The van der Waals surface area contributed by atoms with Gasteiger partial charge in [0.15, 0.2) is 0 Å². The fraction of sp³-hybridized carbons (Fsp3) is 0.571. The number of fused-ring (bicyclic) bond motifs is 1. The molecule has 94 valence electrons. The van der Waals surface area contributed by atoms with Crippen molar-refractivity contribution in [2.24, 2.45) is 0 Å². The van der Waals surface area contributed by atoms with E-state index in [1.54, 1.807) is 7.11 Å². The smallest absolute Gasteiger partial charge is 0.0835 e. The Labute approximate surface area is 103 Å². The summed E-state index contributed by atoms with van der Waals surface area (Å²) in [6.45, 7) is 3.38. The van der Waals surface area contributed by atoms with Crippen molar-refractivity contribution < 1.29 is 9.84 Å². The molecule has 0 spiro atoms. The summed E-state index contributed by atoms with van der Waals surface area (Å²) in [5.74, 6) is 0. The van der Waals surface area contributed by atoms with Gasteiger partial charge in [0.2, 0.25) is 0 Å². The first-order valence-corrected chi connectivity index (χ1v) is 6.17. The molecule has 3 nitrogen and oxygen atoms in total. The molecule has 1 heterocycles. The van der Waals surface area contributed by atoms with Crippen LogP contribution in [-0.4, -0.2) is 31.0 Å². The van der Waals surface area contributed by atoms with Gasteiger partial charge in [-0.15, -0.1) is 0 Å². The Balaban J connectivity index is 2.22. The Morgan fingerprint density at radius 2 is 2.24 bits per heavy atom. The molecule has 0 aliphatic carbocycles. The number of benzene rings is 1. The minimum Gasteiger partial charge on any atom is -0.388 e. The molecule has 1 aromatic carbocycles. The summed E-state index contributed by atoms with van der Waals surface area (Å²) in [6.07, 6.45) is 1.67. The zero-order valence-electron chi connectivity index (χ0n) is 10.6. The molecule has 2 unspecified atom stereocenters. The van der Waals surface area contributed by atoms with E-state index >= 15 is 0 Å². The van der Waals surface area contributed by atoms with Gasteiger partial charge < -0.3 is 15.2 Å². The molecule has 0 saturated heterocycles. The van der Waals surface area contributed by atoms with E-state index < -0.39 is 5.60 Å². The van der Waals surface area contributed by atoms with Gasteiger partial charge in [0.1, 0.15) is 0 Å². The number of ether oxygens (including phenoxy) is 1. The Kier molecular flexibility index (Phi) is 3.82. The number of rotatable bonds is 4. The quantitative estimate of drug-likeness (QED) is 0.834. The number of nitrogens with one attached hydrogen (secondary N) is 1. The molecule has 0 fully saturated rings. The second kappa shape index (κ2) is 5.17. The maximum atomic E-state index is 10.6. The van der Waals surface area contributed by atoms with E-state index in [-0.39, 0.29) is 6.04 Å². The van der Waals surface area contributed by atoms with Gasteiger partial charge in [-0.3, -0.25) is 0 Å². The summed E-state index contributed by atoms with van der Waals surface area (Å²) in [7, 11) is 1.67. The van der Waals surface area contributed by atoms with Gasteiger partial charge in [-0.2, -0.15) is 0 Å². The number of hydrogen-bond donors (Lipinski definition) is 2. The minimum atomic E-state index is -0.771.